The molecule has 1 aliphatic heterocycles. The lowest BCUT2D eigenvalue weighted by Crippen LogP contribution is -2.47. The zero-order valence-electron chi connectivity index (χ0n) is 12.2. The van der Waals surface area contributed by atoms with E-state index in [1.807, 2.05) is 0 Å². The van der Waals surface area contributed by atoms with Crippen LogP contribution in [-0.4, -0.2) is 55.8 Å². The first kappa shape index (κ1) is 18.8. The smallest absolute Gasteiger partial charge is 0.354 e. The van der Waals surface area contributed by atoms with Gasteiger partial charge in [-0.15, -0.1) is 24.0 Å². The van der Waals surface area contributed by atoms with E-state index in [9.17, 15) is 13.2 Å². The lowest BCUT2D eigenvalue weighted by molar-refractivity contribution is -0.143. The molecule has 21 heavy (non-hydrogen) atoms. The maximum atomic E-state index is 12.3. The molecule has 0 aromatic heterocycles. The molecule has 0 amide bonds. The predicted molar refractivity (Wildman–Crippen MR) is 88.2 cm³/mol. The van der Waals surface area contributed by atoms with Gasteiger partial charge in [0, 0.05) is 32.2 Å². The summed E-state index contributed by atoms with van der Waals surface area (Å²) >= 11 is 0. The molecule has 0 radical (unpaired) electrons. The van der Waals surface area contributed by atoms with E-state index in [0.29, 0.717) is 19.1 Å². The molecule has 0 bridgehead atoms. The second-order valence-corrected chi connectivity index (χ2v) is 5.68. The van der Waals surface area contributed by atoms with Crippen molar-refractivity contribution in [2.75, 3.05) is 26.7 Å². The van der Waals surface area contributed by atoms with Crippen molar-refractivity contribution < 1.29 is 13.2 Å². The van der Waals surface area contributed by atoms with Crippen LogP contribution in [0.25, 0.3) is 0 Å². The molecular formula is C13H24F3IN4. The van der Waals surface area contributed by atoms with Crippen LogP contribution < -0.4 is 10.6 Å². The predicted octanol–water partition coefficient (Wildman–Crippen LogP) is 2.35. The van der Waals surface area contributed by atoms with Gasteiger partial charge in [0.15, 0.2) is 5.96 Å². The Kier molecular flexibility index (Phi) is 7.52. The fourth-order valence-electron chi connectivity index (χ4n) is 2.98. The highest BCUT2D eigenvalue weighted by atomic mass is 127. The Hall–Kier alpha value is -0.250. The summed E-state index contributed by atoms with van der Waals surface area (Å²) in [5.74, 6) is 0.718. The van der Waals surface area contributed by atoms with Gasteiger partial charge < -0.3 is 10.6 Å². The third kappa shape index (κ3) is 6.58. The maximum Gasteiger partial charge on any atom is 0.401 e. The minimum Gasteiger partial charge on any atom is -0.354 e. The van der Waals surface area contributed by atoms with Gasteiger partial charge in [0.2, 0.25) is 0 Å². The van der Waals surface area contributed by atoms with Crippen LogP contribution in [0.2, 0.25) is 0 Å². The molecule has 4 nitrogen and oxygen atoms in total. The number of hydrogen-bond donors (Lipinski definition) is 2. The molecule has 2 N–H and O–H groups in total. The topological polar surface area (TPSA) is 39.7 Å². The summed E-state index contributed by atoms with van der Waals surface area (Å²) in [6.07, 6.45) is 1.37. The Balaban J connectivity index is 0.00000220. The van der Waals surface area contributed by atoms with Gasteiger partial charge in [-0.1, -0.05) is 12.8 Å². The Morgan fingerprint density at radius 1 is 1.14 bits per heavy atom. The Morgan fingerprint density at radius 2 is 1.76 bits per heavy atom. The quantitative estimate of drug-likeness (QED) is 0.419. The molecule has 0 aromatic carbocycles. The highest BCUT2D eigenvalue weighted by molar-refractivity contribution is 14.0. The third-order valence-electron chi connectivity index (χ3n) is 3.94. The molecule has 0 aromatic rings. The number of nitrogens with zero attached hydrogens (tertiary/aromatic N) is 2. The first-order chi connectivity index (χ1) is 9.46. The van der Waals surface area contributed by atoms with Gasteiger partial charge in [-0.25, -0.2) is 0 Å². The minimum absolute atomic E-state index is 0. The van der Waals surface area contributed by atoms with Crippen molar-refractivity contribution >= 4 is 29.9 Å². The van der Waals surface area contributed by atoms with Crippen molar-refractivity contribution in [1.82, 2.24) is 15.5 Å². The number of likely N-dealkylation sites (tertiary alicyclic amines) is 1. The Bertz CT molecular complexity index is 343. The largest absolute Gasteiger partial charge is 0.401 e. The first-order valence-corrected chi connectivity index (χ1v) is 7.25. The van der Waals surface area contributed by atoms with Gasteiger partial charge in [0.1, 0.15) is 0 Å². The van der Waals surface area contributed by atoms with Crippen molar-refractivity contribution in [2.24, 2.45) is 4.99 Å². The monoisotopic (exact) mass is 420 g/mol. The minimum atomic E-state index is -4.11. The molecule has 2 aliphatic rings. The molecule has 1 aliphatic carbocycles. The van der Waals surface area contributed by atoms with E-state index in [0.717, 1.165) is 25.2 Å². The Morgan fingerprint density at radius 3 is 2.33 bits per heavy atom. The molecule has 1 saturated heterocycles. The second-order valence-electron chi connectivity index (χ2n) is 5.68. The number of halogens is 4. The highest BCUT2D eigenvalue weighted by Gasteiger charge is 2.34. The standard InChI is InChI=1S/C13H23F3N4.HI/c1-17-12(18-10-4-2-3-5-10)19-11-6-7-20(8-11)9-13(14,15)16;/h10-11H,2-9H2,1H3,(H2,17,18,19);1H. The van der Waals surface area contributed by atoms with E-state index in [-0.39, 0.29) is 30.0 Å². The van der Waals surface area contributed by atoms with E-state index in [1.54, 1.807) is 7.05 Å². The van der Waals surface area contributed by atoms with Crippen LogP contribution in [-0.2, 0) is 0 Å². The van der Waals surface area contributed by atoms with Crippen molar-refractivity contribution in [1.29, 1.82) is 0 Å². The van der Waals surface area contributed by atoms with Crippen LogP contribution in [0.4, 0.5) is 13.2 Å². The molecule has 0 spiro atoms. The fourth-order valence-corrected chi connectivity index (χ4v) is 2.98. The van der Waals surface area contributed by atoms with Gasteiger partial charge in [-0.05, 0) is 19.3 Å². The molecule has 2 rings (SSSR count). The summed E-state index contributed by atoms with van der Waals surface area (Å²) in [5.41, 5.74) is 0. The van der Waals surface area contributed by atoms with Crippen LogP contribution in [0.3, 0.4) is 0 Å². The van der Waals surface area contributed by atoms with Crippen LogP contribution in [0.1, 0.15) is 32.1 Å². The summed E-state index contributed by atoms with van der Waals surface area (Å²) in [6.45, 7) is 0.0856. The van der Waals surface area contributed by atoms with E-state index < -0.39 is 12.7 Å². The number of nitrogens with one attached hydrogen (secondary N) is 2. The summed E-state index contributed by atoms with van der Waals surface area (Å²) in [6, 6.07) is 0.499. The van der Waals surface area contributed by atoms with Gasteiger partial charge >= 0.3 is 6.18 Å². The normalized spacial score (nSPS) is 25.0. The summed E-state index contributed by atoms with van der Waals surface area (Å²) in [5, 5.41) is 6.59. The maximum absolute atomic E-state index is 12.3. The van der Waals surface area contributed by atoms with Crippen LogP contribution in [0.5, 0.6) is 0 Å². The number of alkyl halides is 3. The lowest BCUT2D eigenvalue weighted by Gasteiger charge is -2.21. The van der Waals surface area contributed by atoms with Crippen molar-refractivity contribution in [3.8, 4) is 0 Å². The highest BCUT2D eigenvalue weighted by Crippen LogP contribution is 2.20. The van der Waals surface area contributed by atoms with E-state index in [2.05, 4.69) is 15.6 Å². The average molecular weight is 420 g/mol. The van der Waals surface area contributed by atoms with Crippen molar-refractivity contribution in [3.63, 3.8) is 0 Å². The van der Waals surface area contributed by atoms with Crippen molar-refractivity contribution in [2.45, 2.75) is 50.4 Å². The first-order valence-electron chi connectivity index (χ1n) is 7.25. The summed E-state index contributed by atoms with van der Waals surface area (Å²) < 4.78 is 37.0. The number of hydrogen-bond acceptors (Lipinski definition) is 2. The zero-order chi connectivity index (χ0) is 14.6. The van der Waals surface area contributed by atoms with Crippen LogP contribution >= 0.6 is 24.0 Å². The lowest BCUT2D eigenvalue weighted by atomic mass is 10.2. The SMILES string of the molecule is CN=C(NC1CCCC1)NC1CCN(CC(F)(F)F)C1.I. The Labute approximate surface area is 141 Å². The molecular weight excluding hydrogens is 396 g/mol. The molecule has 2 fully saturated rings. The molecule has 1 unspecified atom stereocenters. The number of rotatable bonds is 3. The second kappa shape index (κ2) is 8.40. The van der Waals surface area contributed by atoms with Crippen molar-refractivity contribution in [3.05, 3.63) is 0 Å². The fraction of sp³-hybridized carbons (Fsp3) is 0.923. The molecule has 124 valence electrons. The van der Waals surface area contributed by atoms with E-state index >= 15 is 0 Å². The summed E-state index contributed by atoms with van der Waals surface area (Å²) in [4.78, 5) is 5.61. The molecule has 1 saturated carbocycles. The van der Waals surface area contributed by atoms with Gasteiger partial charge in [0.25, 0.3) is 0 Å². The van der Waals surface area contributed by atoms with E-state index in [4.69, 9.17) is 0 Å². The summed E-state index contributed by atoms with van der Waals surface area (Å²) in [7, 11) is 1.70. The molecule has 8 heteroatoms. The van der Waals surface area contributed by atoms with E-state index in [1.165, 1.54) is 17.7 Å². The van der Waals surface area contributed by atoms with Crippen LogP contribution in [0.15, 0.2) is 4.99 Å². The molecule has 1 atom stereocenters. The average Bonchev–Trinajstić information content (AvgIpc) is 2.98. The van der Waals surface area contributed by atoms with Gasteiger partial charge in [-0.2, -0.15) is 13.2 Å². The number of aliphatic imine (C=N–C) groups is 1. The molecule has 1 heterocycles. The zero-order valence-corrected chi connectivity index (χ0v) is 14.6. The van der Waals surface area contributed by atoms with Gasteiger partial charge in [-0.3, -0.25) is 9.89 Å². The van der Waals surface area contributed by atoms with Crippen LogP contribution in [0, 0.1) is 0 Å². The third-order valence-corrected chi connectivity index (χ3v) is 3.94. The number of guanidine groups is 1. The van der Waals surface area contributed by atoms with Gasteiger partial charge in [0.05, 0.1) is 6.54 Å².